The maximum atomic E-state index is 12.3. The molecule has 0 saturated carbocycles. The summed E-state index contributed by atoms with van der Waals surface area (Å²) in [5, 5.41) is 10.9. The number of amides is 1. The van der Waals surface area contributed by atoms with Crippen molar-refractivity contribution in [3.05, 3.63) is 12.4 Å². The topological polar surface area (TPSA) is 63.1 Å². The first-order valence-electron chi connectivity index (χ1n) is 6.11. The maximum Gasteiger partial charge on any atom is 0.244 e. The molecule has 0 radical (unpaired) electrons. The molecule has 6 nitrogen and oxygen atoms in total. The molecule has 1 N–H and O–H groups in total. The summed E-state index contributed by atoms with van der Waals surface area (Å²) in [5.41, 5.74) is 0. The van der Waals surface area contributed by atoms with Gasteiger partial charge in [0, 0.05) is 31.4 Å². The molecule has 0 aromatic carbocycles. The Labute approximate surface area is 100.0 Å². The summed E-state index contributed by atoms with van der Waals surface area (Å²) < 4.78 is 1.59. The molecule has 3 rings (SSSR count). The molecule has 3 heterocycles. The monoisotopic (exact) mass is 235 g/mol. The van der Waals surface area contributed by atoms with Gasteiger partial charge < -0.3 is 10.2 Å². The van der Waals surface area contributed by atoms with Crippen LogP contribution in [0.3, 0.4) is 0 Å². The van der Waals surface area contributed by atoms with E-state index < -0.39 is 0 Å². The third kappa shape index (κ3) is 1.82. The number of likely N-dealkylation sites (tertiary alicyclic amines) is 1. The van der Waals surface area contributed by atoms with Gasteiger partial charge in [-0.2, -0.15) is 0 Å². The van der Waals surface area contributed by atoms with Crippen LogP contribution in [0.15, 0.2) is 12.4 Å². The predicted octanol–water partition coefficient (Wildman–Crippen LogP) is -0.513. The molecule has 3 atom stereocenters. The molecule has 0 bridgehead atoms. The summed E-state index contributed by atoms with van der Waals surface area (Å²) in [4.78, 5) is 14.3. The first kappa shape index (κ1) is 10.7. The molecule has 2 saturated heterocycles. The van der Waals surface area contributed by atoms with Gasteiger partial charge in [-0.1, -0.05) is 5.21 Å². The molecule has 0 spiro atoms. The molecule has 2 aliphatic heterocycles. The fourth-order valence-corrected chi connectivity index (χ4v) is 3.13. The van der Waals surface area contributed by atoms with Crippen LogP contribution in [0.25, 0.3) is 0 Å². The fourth-order valence-electron chi connectivity index (χ4n) is 3.13. The highest BCUT2D eigenvalue weighted by Crippen LogP contribution is 2.32. The minimum atomic E-state index is 0.152. The quantitative estimate of drug-likeness (QED) is 0.749. The lowest BCUT2D eigenvalue weighted by Crippen LogP contribution is -2.44. The van der Waals surface area contributed by atoms with Crippen molar-refractivity contribution in [2.45, 2.75) is 32.0 Å². The molecule has 1 amide bonds. The van der Waals surface area contributed by atoms with E-state index in [0.29, 0.717) is 24.5 Å². The molecule has 3 unspecified atom stereocenters. The summed E-state index contributed by atoms with van der Waals surface area (Å²) in [7, 11) is 0. The SMILES string of the molecule is CC1CC2CNCC2N1C(=O)Cn1ccnn1. The Bertz CT molecular complexity index is 404. The van der Waals surface area contributed by atoms with Crippen molar-refractivity contribution in [2.24, 2.45) is 5.92 Å². The number of nitrogens with one attached hydrogen (secondary N) is 1. The Morgan fingerprint density at radius 3 is 3.18 bits per heavy atom. The highest BCUT2D eigenvalue weighted by atomic mass is 16.2. The van der Waals surface area contributed by atoms with E-state index in [1.165, 1.54) is 0 Å². The predicted molar refractivity (Wildman–Crippen MR) is 61.1 cm³/mol. The number of carbonyl (C=O) groups is 1. The van der Waals surface area contributed by atoms with Crippen LogP contribution in [-0.4, -0.2) is 51.0 Å². The van der Waals surface area contributed by atoms with E-state index in [1.807, 2.05) is 4.90 Å². The molecule has 0 aliphatic carbocycles. The molecule has 1 aromatic heterocycles. The van der Waals surface area contributed by atoms with E-state index in [0.717, 1.165) is 19.5 Å². The van der Waals surface area contributed by atoms with Gasteiger partial charge in [0.25, 0.3) is 0 Å². The molecular formula is C11H17N5O. The number of hydrogen-bond donors (Lipinski definition) is 1. The zero-order chi connectivity index (χ0) is 11.8. The molecule has 2 fully saturated rings. The zero-order valence-corrected chi connectivity index (χ0v) is 9.91. The van der Waals surface area contributed by atoms with E-state index in [-0.39, 0.29) is 5.91 Å². The second kappa shape index (κ2) is 4.10. The van der Waals surface area contributed by atoms with Crippen molar-refractivity contribution < 1.29 is 4.79 Å². The second-order valence-electron chi connectivity index (χ2n) is 4.97. The Balaban J connectivity index is 1.72. The largest absolute Gasteiger partial charge is 0.334 e. The zero-order valence-electron chi connectivity index (χ0n) is 9.91. The van der Waals surface area contributed by atoms with Crippen molar-refractivity contribution in [3.8, 4) is 0 Å². The Morgan fingerprint density at radius 2 is 2.41 bits per heavy atom. The average molecular weight is 235 g/mol. The van der Waals surface area contributed by atoms with Crippen LogP contribution in [0.2, 0.25) is 0 Å². The number of carbonyl (C=O) groups excluding carboxylic acids is 1. The van der Waals surface area contributed by atoms with Crippen molar-refractivity contribution in [1.29, 1.82) is 0 Å². The van der Waals surface area contributed by atoms with Gasteiger partial charge in [0.1, 0.15) is 6.54 Å². The Hall–Kier alpha value is -1.43. The molecule has 17 heavy (non-hydrogen) atoms. The molecule has 2 aliphatic rings. The Morgan fingerprint density at radius 1 is 1.53 bits per heavy atom. The van der Waals surface area contributed by atoms with E-state index in [2.05, 4.69) is 22.6 Å². The number of nitrogens with zero attached hydrogens (tertiary/aromatic N) is 4. The smallest absolute Gasteiger partial charge is 0.244 e. The van der Waals surface area contributed by atoms with Crippen LogP contribution in [-0.2, 0) is 11.3 Å². The van der Waals surface area contributed by atoms with E-state index in [9.17, 15) is 4.79 Å². The van der Waals surface area contributed by atoms with Crippen LogP contribution in [0, 0.1) is 5.92 Å². The Kier molecular flexibility index (Phi) is 2.58. The van der Waals surface area contributed by atoms with Crippen molar-refractivity contribution >= 4 is 5.91 Å². The van der Waals surface area contributed by atoms with Crippen LogP contribution in [0.5, 0.6) is 0 Å². The lowest BCUT2D eigenvalue weighted by Gasteiger charge is -2.27. The van der Waals surface area contributed by atoms with Gasteiger partial charge in [-0.05, 0) is 19.3 Å². The number of hydrogen-bond acceptors (Lipinski definition) is 4. The van der Waals surface area contributed by atoms with E-state index >= 15 is 0 Å². The third-order valence-corrected chi connectivity index (χ3v) is 3.84. The van der Waals surface area contributed by atoms with Gasteiger partial charge in [-0.3, -0.25) is 4.79 Å². The van der Waals surface area contributed by atoms with Gasteiger partial charge in [-0.25, -0.2) is 4.68 Å². The number of fused-ring (bicyclic) bond motifs is 1. The first-order valence-corrected chi connectivity index (χ1v) is 6.11. The van der Waals surface area contributed by atoms with Crippen molar-refractivity contribution in [2.75, 3.05) is 13.1 Å². The van der Waals surface area contributed by atoms with Crippen LogP contribution in [0.1, 0.15) is 13.3 Å². The normalized spacial score (nSPS) is 31.8. The highest BCUT2D eigenvalue weighted by Gasteiger charge is 2.43. The minimum absolute atomic E-state index is 0.152. The number of rotatable bonds is 2. The van der Waals surface area contributed by atoms with Crippen molar-refractivity contribution in [3.63, 3.8) is 0 Å². The van der Waals surface area contributed by atoms with Gasteiger partial charge >= 0.3 is 0 Å². The van der Waals surface area contributed by atoms with Crippen LogP contribution < -0.4 is 5.32 Å². The minimum Gasteiger partial charge on any atom is -0.334 e. The summed E-state index contributed by atoms with van der Waals surface area (Å²) >= 11 is 0. The van der Waals surface area contributed by atoms with Crippen LogP contribution in [0.4, 0.5) is 0 Å². The van der Waals surface area contributed by atoms with Crippen LogP contribution >= 0.6 is 0 Å². The first-order chi connectivity index (χ1) is 8.25. The summed E-state index contributed by atoms with van der Waals surface area (Å²) in [6.45, 7) is 4.41. The summed E-state index contributed by atoms with van der Waals surface area (Å²) in [5.74, 6) is 0.781. The van der Waals surface area contributed by atoms with Crippen molar-refractivity contribution in [1.82, 2.24) is 25.2 Å². The highest BCUT2D eigenvalue weighted by molar-refractivity contribution is 5.77. The second-order valence-corrected chi connectivity index (χ2v) is 4.97. The van der Waals surface area contributed by atoms with Gasteiger partial charge in [0.15, 0.2) is 0 Å². The lowest BCUT2D eigenvalue weighted by atomic mass is 10.0. The standard InChI is InChI=1S/C11H17N5O/c1-8-4-9-5-12-6-10(9)16(8)11(17)7-15-3-2-13-14-15/h2-3,8-10,12H,4-7H2,1H3. The van der Waals surface area contributed by atoms with E-state index in [4.69, 9.17) is 0 Å². The average Bonchev–Trinajstić information content (AvgIpc) is 2.93. The van der Waals surface area contributed by atoms with Gasteiger partial charge in [-0.15, -0.1) is 5.10 Å². The van der Waals surface area contributed by atoms with Gasteiger partial charge in [0.05, 0.1) is 6.20 Å². The molecule has 6 heteroatoms. The molecule has 1 aromatic rings. The third-order valence-electron chi connectivity index (χ3n) is 3.84. The fraction of sp³-hybridized carbons (Fsp3) is 0.727. The van der Waals surface area contributed by atoms with E-state index in [1.54, 1.807) is 17.1 Å². The maximum absolute atomic E-state index is 12.3. The van der Waals surface area contributed by atoms with Gasteiger partial charge in [0.2, 0.25) is 5.91 Å². The summed E-state index contributed by atoms with van der Waals surface area (Å²) in [6.07, 6.45) is 4.43. The number of aromatic nitrogens is 3. The summed E-state index contributed by atoms with van der Waals surface area (Å²) in [6, 6.07) is 0.726. The molecule has 92 valence electrons. The lowest BCUT2D eigenvalue weighted by molar-refractivity contribution is -0.134. The molecular weight excluding hydrogens is 218 g/mol.